The van der Waals surface area contributed by atoms with Crippen LogP contribution in [0.3, 0.4) is 0 Å². The maximum atomic E-state index is 14.1. The third-order valence-corrected chi connectivity index (χ3v) is 8.19. The van der Waals surface area contributed by atoms with Crippen LogP contribution in [0.1, 0.15) is 69.8 Å². The molecule has 1 amide bonds. The Hall–Kier alpha value is -3.08. The second-order valence-electron chi connectivity index (χ2n) is 10.7. The largest absolute Gasteiger partial charge is 0.352 e. The number of aromatic amines is 1. The molecule has 0 atom stereocenters. The van der Waals surface area contributed by atoms with Gasteiger partial charge < -0.3 is 14.5 Å². The Bertz CT molecular complexity index is 1320. The van der Waals surface area contributed by atoms with Crippen molar-refractivity contribution < 1.29 is 4.79 Å². The fourth-order valence-corrected chi connectivity index (χ4v) is 6.45. The normalized spacial score (nSPS) is 17.9. The van der Waals surface area contributed by atoms with E-state index in [1.807, 2.05) is 18.2 Å². The van der Waals surface area contributed by atoms with E-state index in [-0.39, 0.29) is 5.91 Å². The molecule has 0 unspecified atom stereocenters. The number of fused-ring (bicyclic) bond motifs is 2. The Morgan fingerprint density at radius 1 is 0.943 bits per heavy atom. The molecule has 0 spiro atoms. The highest BCUT2D eigenvalue weighted by Gasteiger charge is 2.33. The smallest absolute Gasteiger partial charge is 0.243 e. The molecular formula is C30H36N4O. The van der Waals surface area contributed by atoms with Crippen molar-refractivity contribution in [1.29, 1.82) is 0 Å². The van der Waals surface area contributed by atoms with Crippen LogP contribution in [0.4, 0.5) is 0 Å². The van der Waals surface area contributed by atoms with Gasteiger partial charge >= 0.3 is 0 Å². The zero-order chi connectivity index (χ0) is 23.8. The van der Waals surface area contributed by atoms with E-state index in [1.54, 1.807) is 0 Å². The number of aryl methyl sites for hydroxylation is 1. The number of hydrogen-bond acceptors (Lipinski definition) is 2. The zero-order valence-electron chi connectivity index (χ0n) is 20.8. The monoisotopic (exact) mass is 468 g/mol. The molecule has 5 heteroatoms. The quantitative estimate of drug-likeness (QED) is 0.343. The highest BCUT2D eigenvalue weighted by molar-refractivity contribution is 5.89. The second-order valence-corrected chi connectivity index (χ2v) is 10.7. The first kappa shape index (κ1) is 22.4. The van der Waals surface area contributed by atoms with Crippen molar-refractivity contribution in [2.75, 3.05) is 0 Å². The number of aromatic nitrogens is 3. The maximum absolute atomic E-state index is 14.1. The van der Waals surface area contributed by atoms with Gasteiger partial charge in [-0.1, -0.05) is 62.3 Å². The number of nitrogens with one attached hydrogen (secondary N) is 1. The molecular weight excluding hydrogens is 432 g/mol. The molecule has 2 fully saturated rings. The van der Waals surface area contributed by atoms with E-state index in [9.17, 15) is 4.79 Å². The van der Waals surface area contributed by atoms with E-state index in [4.69, 9.17) is 4.98 Å². The van der Waals surface area contributed by atoms with Gasteiger partial charge in [-0.05, 0) is 62.9 Å². The lowest BCUT2D eigenvalue weighted by Gasteiger charge is -2.42. The van der Waals surface area contributed by atoms with E-state index in [0.717, 1.165) is 53.8 Å². The van der Waals surface area contributed by atoms with Crippen LogP contribution < -0.4 is 0 Å². The number of H-pyrrole nitrogens is 1. The topological polar surface area (TPSA) is 53.9 Å². The van der Waals surface area contributed by atoms with Gasteiger partial charge in [0, 0.05) is 23.0 Å². The van der Waals surface area contributed by atoms with Gasteiger partial charge in [-0.25, -0.2) is 4.98 Å². The van der Waals surface area contributed by atoms with E-state index in [1.165, 1.54) is 49.5 Å². The minimum Gasteiger partial charge on any atom is -0.352 e. The molecule has 5 nitrogen and oxygen atoms in total. The second kappa shape index (κ2) is 9.52. The van der Waals surface area contributed by atoms with Crippen molar-refractivity contribution in [3.05, 3.63) is 54.1 Å². The molecule has 0 radical (unpaired) electrons. The van der Waals surface area contributed by atoms with Crippen molar-refractivity contribution in [3.63, 3.8) is 0 Å². The van der Waals surface area contributed by atoms with E-state index >= 15 is 0 Å². The molecule has 2 aliphatic rings. The van der Waals surface area contributed by atoms with Crippen LogP contribution >= 0.6 is 0 Å². The lowest BCUT2D eigenvalue weighted by Crippen LogP contribution is -2.50. The SMILES string of the molecule is Cc1ccc2[nH]c(-c3nc4ccccc4n3CC(=O)N(C3CCCCC3)C3CCCCC3)cc2c1. The fourth-order valence-electron chi connectivity index (χ4n) is 6.45. The summed E-state index contributed by atoms with van der Waals surface area (Å²) in [6.07, 6.45) is 12.2. The molecule has 2 heterocycles. The number of amides is 1. The van der Waals surface area contributed by atoms with Gasteiger partial charge in [-0.2, -0.15) is 0 Å². The van der Waals surface area contributed by atoms with Crippen LogP contribution in [-0.2, 0) is 11.3 Å². The van der Waals surface area contributed by atoms with Gasteiger partial charge in [-0.15, -0.1) is 0 Å². The minimum atomic E-state index is 0.264. The number of para-hydroxylation sites is 2. The molecule has 6 rings (SSSR count). The van der Waals surface area contributed by atoms with Crippen LogP contribution in [-0.4, -0.2) is 37.4 Å². The predicted octanol–water partition coefficient (Wildman–Crippen LogP) is 6.99. The number of nitrogens with zero attached hydrogens (tertiary/aromatic N) is 3. The predicted molar refractivity (Wildman–Crippen MR) is 142 cm³/mol. The summed E-state index contributed by atoms with van der Waals surface area (Å²) in [6, 6.07) is 17.6. The molecule has 182 valence electrons. The number of carbonyl (C=O) groups is 1. The van der Waals surface area contributed by atoms with Crippen molar-refractivity contribution in [1.82, 2.24) is 19.4 Å². The summed E-state index contributed by atoms with van der Waals surface area (Å²) in [5.41, 5.74) is 5.27. The number of benzene rings is 2. The molecule has 2 aromatic heterocycles. The Morgan fingerprint density at radius 2 is 1.63 bits per heavy atom. The molecule has 2 saturated carbocycles. The standard InChI is InChI=1S/C30H36N4O/c1-21-16-17-25-22(18-21)19-27(31-25)30-32-26-14-8-9-15-28(26)33(30)20-29(35)34(23-10-4-2-5-11-23)24-12-6-3-7-13-24/h8-9,14-19,23-24,31H,2-7,10-13,20H2,1H3. The van der Waals surface area contributed by atoms with Crippen molar-refractivity contribution >= 4 is 27.8 Å². The Morgan fingerprint density at radius 3 is 2.34 bits per heavy atom. The number of rotatable bonds is 5. The van der Waals surface area contributed by atoms with E-state index in [0.29, 0.717) is 18.6 Å². The summed E-state index contributed by atoms with van der Waals surface area (Å²) in [7, 11) is 0. The molecule has 2 aliphatic carbocycles. The number of carbonyl (C=O) groups excluding carboxylic acids is 1. The Balaban J connectivity index is 1.39. The van der Waals surface area contributed by atoms with Crippen LogP contribution in [0, 0.1) is 6.92 Å². The summed E-state index contributed by atoms with van der Waals surface area (Å²) in [6.45, 7) is 2.46. The molecule has 0 bridgehead atoms. The molecule has 1 N–H and O–H groups in total. The molecule has 35 heavy (non-hydrogen) atoms. The van der Waals surface area contributed by atoms with Gasteiger partial charge in [0.1, 0.15) is 6.54 Å². The molecule has 0 saturated heterocycles. The summed E-state index contributed by atoms with van der Waals surface area (Å²) >= 11 is 0. The van der Waals surface area contributed by atoms with Crippen molar-refractivity contribution in [3.8, 4) is 11.5 Å². The van der Waals surface area contributed by atoms with Crippen LogP contribution in [0.15, 0.2) is 48.5 Å². The minimum absolute atomic E-state index is 0.264. The Kier molecular flexibility index (Phi) is 6.09. The van der Waals surface area contributed by atoms with E-state index in [2.05, 4.69) is 51.7 Å². The van der Waals surface area contributed by atoms with Crippen molar-refractivity contribution in [2.45, 2.75) is 89.8 Å². The lowest BCUT2D eigenvalue weighted by atomic mass is 9.88. The highest BCUT2D eigenvalue weighted by atomic mass is 16.2. The molecule has 2 aromatic carbocycles. The van der Waals surface area contributed by atoms with Gasteiger partial charge in [0.15, 0.2) is 5.82 Å². The number of hydrogen-bond donors (Lipinski definition) is 1. The maximum Gasteiger partial charge on any atom is 0.243 e. The first-order valence-electron chi connectivity index (χ1n) is 13.5. The van der Waals surface area contributed by atoms with Crippen LogP contribution in [0.2, 0.25) is 0 Å². The van der Waals surface area contributed by atoms with Crippen LogP contribution in [0.25, 0.3) is 33.5 Å². The average Bonchev–Trinajstić information content (AvgIpc) is 3.47. The third-order valence-electron chi connectivity index (χ3n) is 8.19. The summed E-state index contributed by atoms with van der Waals surface area (Å²) in [5.74, 6) is 1.11. The number of imidazole rings is 1. The average molecular weight is 469 g/mol. The van der Waals surface area contributed by atoms with Gasteiger partial charge in [0.05, 0.1) is 16.7 Å². The highest BCUT2D eigenvalue weighted by Crippen LogP contribution is 2.32. The van der Waals surface area contributed by atoms with E-state index < -0.39 is 0 Å². The fraction of sp³-hybridized carbons (Fsp3) is 0.467. The Labute approximate surface area is 207 Å². The van der Waals surface area contributed by atoms with Gasteiger partial charge in [0.25, 0.3) is 0 Å². The van der Waals surface area contributed by atoms with Crippen LogP contribution in [0.5, 0.6) is 0 Å². The summed E-state index contributed by atoms with van der Waals surface area (Å²) in [5, 5.41) is 1.18. The van der Waals surface area contributed by atoms with Gasteiger partial charge in [0.2, 0.25) is 5.91 Å². The molecule has 0 aliphatic heterocycles. The lowest BCUT2D eigenvalue weighted by molar-refractivity contribution is -0.138. The zero-order valence-corrected chi connectivity index (χ0v) is 20.8. The molecule has 4 aromatic rings. The van der Waals surface area contributed by atoms with Gasteiger partial charge in [-0.3, -0.25) is 4.79 Å². The third kappa shape index (κ3) is 4.37. The summed E-state index contributed by atoms with van der Waals surface area (Å²) < 4.78 is 2.15. The first-order valence-corrected chi connectivity index (χ1v) is 13.5. The van der Waals surface area contributed by atoms with Crippen molar-refractivity contribution in [2.24, 2.45) is 0 Å². The summed E-state index contributed by atoms with van der Waals surface area (Å²) in [4.78, 5) is 25.0. The first-order chi connectivity index (χ1) is 17.2.